The molecule has 1 heterocycles. The lowest BCUT2D eigenvalue weighted by Crippen LogP contribution is -2.29. The molecule has 2 aliphatic rings. The van der Waals surface area contributed by atoms with Crippen molar-refractivity contribution in [3.63, 3.8) is 0 Å². The van der Waals surface area contributed by atoms with Gasteiger partial charge in [-0.3, -0.25) is 9.59 Å². The molecule has 1 aliphatic heterocycles. The molecule has 0 spiro atoms. The van der Waals surface area contributed by atoms with Crippen molar-refractivity contribution in [3.05, 3.63) is 23.5 Å². The van der Waals surface area contributed by atoms with Crippen LogP contribution in [0.3, 0.4) is 0 Å². The number of benzene rings is 1. The van der Waals surface area contributed by atoms with Gasteiger partial charge in [0.1, 0.15) is 11.4 Å². The Morgan fingerprint density at radius 2 is 2.17 bits per heavy atom. The number of carbonyl (C=O) groups excluding carboxylic acids is 2. The molecule has 2 unspecified atom stereocenters. The summed E-state index contributed by atoms with van der Waals surface area (Å²) in [5.74, 6) is -0.278. The largest absolute Gasteiger partial charge is 0.481 e. The normalized spacial score (nSPS) is 22.7. The van der Waals surface area contributed by atoms with Crippen LogP contribution in [0, 0.1) is 23.1 Å². The first-order chi connectivity index (χ1) is 10.8. The summed E-state index contributed by atoms with van der Waals surface area (Å²) < 4.78 is 19.6. The van der Waals surface area contributed by atoms with E-state index in [9.17, 15) is 14.0 Å². The second-order valence-electron chi connectivity index (χ2n) is 7.28. The van der Waals surface area contributed by atoms with Crippen LogP contribution in [-0.2, 0) is 16.1 Å². The van der Waals surface area contributed by atoms with Crippen LogP contribution >= 0.6 is 0 Å². The van der Waals surface area contributed by atoms with Gasteiger partial charge < -0.3 is 15.4 Å². The Labute approximate surface area is 134 Å². The third-order valence-electron chi connectivity index (χ3n) is 4.50. The predicted octanol–water partition coefficient (Wildman–Crippen LogP) is 2.46. The summed E-state index contributed by atoms with van der Waals surface area (Å²) in [6, 6.07) is 3.18. The standard InChI is InChI=1S/C17H21FN2O3/c1-17(2,3)11-6-10(11)16(22)19-7-9-4-5-12-15(14(9)18)20-13(21)8-23-12/h4-5,10-11H,6-8H2,1-3H3,(H,19,22)(H,20,21). The van der Waals surface area contributed by atoms with Gasteiger partial charge in [-0.15, -0.1) is 0 Å². The molecule has 1 aromatic rings. The molecular weight excluding hydrogens is 299 g/mol. The van der Waals surface area contributed by atoms with E-state index in [1.54, 1.807) is 12.1 Å². The minimum atomic E-state index is -0.556. The van der Waals surface area contributed by atoms with Crippen molar-refractivity contribution in [3.8, 4) is 5.75 Å². The highest BCUT2D eigenvalue weighted by Gasteiger charge is 2.49. The zero-order valence-electron chi connectivity index (χ0n) is 13.5. The van der Waals surface area contributed by atoms with E-state index in [1.165, 1.54) is 0 Å². The minimum Gasteiger partial charge on any atom is -0.481 e. The zero-order chi connectivity index (χ0) is 16.8. The van der Waals surface area contributed by atoms with E-state index in [0.29, 0.717) is 17.2 Å². The Morgan fingerprint density at radius 1 is 1.43 bits per heavy atom. The van der Waals surface area contributed by atoms with Gasteiger partial charge in [-0.1, -0.05) is 26.8 Å². The summed E-state index contributed by atoms with van der Waals surface area (Å²) in [5, 5.41) is 5.26. The van der Waals surface area contributed by atoms with Crippen LogP contribution in [-0.4, -0.2) is 18.4 Å². The van der Waals surface area contributed by atoms with E-state index in [2.05, 4.69) is 31.4 Å². The first-order valence-electron chi connectivity index (χ1n) is 7.79. The average molecular weight is 320 g/mol. The Balaban J connectivity index is 1.64. The number of anilines is 1. The predicted molar refractivity (Wildman–Crippen MR) is 83.4 cm³/mol. The summed E-state index contributed by atoms with van der Waals surface area (Å²) in [4.78, 5) is 23.5. The van der Waals surface area contributed by atoms with E-state index < -0.39 is 5.82 Å². The topological polar surface area (TPSA) is 67.4 Å². The number of fused-ring (bicyclic) bond motifs is 1. The molecule has 2 atom stereocenters. The number of ether oxygens (including phenoxy) is 1. The number of amides is 2. The quantitative estimate of drug-likeness (QED) is 0.899. The first kappa shape index (κ1) is 15.8. The number of nitrogens with one attached hydrogen (secondary N) is 2. The molecule has 2 N–H and O–H groups in total. The molecule has 1 aromatic carbocycles. The smallest absolute Gasteiger partial charge is 0.262 e. The van der Waals surface area contributed by atoms with Crippen LogP contribution in [0.2, 0.25) is 0 Å². The van der Waals surface area contributed by atoms with Gasteiger partial charge in [0.25, 0.3) is 5.91 Å². The number of rotatable bonds is 3. The third-order valence-corrected chi connectivity index (χ3v) is 4.50. The Kier molecular flexibility index (Phi) is 3.78. The lowest BCUT2D eigenvalue weighted by molar-refractivity contribution is -0.123. The summed E-state index contributed by atoms with van der Waals surface area (Å²) in [7, 11) is 0. The van der Waals surface area contributed by atoms with Crippen molar-refractivity contribution >= 4 is 17.5 Å². The van der Waals surface area contributed by atoms with Crippen LogP contribution in [0.5, 0.6) is 5.75 Å². The molecule has 1 fully saturated rings. The van der Waals surface area contributed by atoms with Gasteiger partial charge in [-0.2, -0.15) is 0 Å². The third kappa shape index (κ3) is 3.16. The van der Waals surface area contributed by atoms with Gasteiger partial charge in [0.2, 0.25) is 5.91 Å². The SMILES string of the molecule is CC(C)(C)C1CC1C(=O)NCc1ccc2c(c1F)NC(=O)CO2. The molecule has 124 valence electrons. The second-order valence-corrected chi connectivity index (χ2v) is 7.28. The number of halogens is 1. The maximum atomic E-state index is 14.4. The van der Waals surface area contributed by atoms with E-state index >= 15 is 0 Å². The fraction of sp³-hybridized carbons (Fsp3) is 0.529. The summed E-state index contributed by atoms with van der Waals surface area (Å²) in [6.07, 6.45) is 0.881. The zero-order valence-corrected chi connectivity index (χ0v) is 13.5. The van der Waals surface area contributed by atoms with Crippen molar-refractivity contribution in [2.75, 3.05) is 11.9 Å². The van der Waals surface area contributed by atoms with E-state index in [-0.39, 0.29) is 42.0 Å². The van der Waals surface area contributed by atoms with Crippen LogP contribution in [0.15, 0.2) is 12.1 Å². The molecular formula is C17H21FN2O3. The molecule has 2 amide bonds. The maximum absolute atomic E-state index is 14.4. The highest BCUT2D eigenvalue weighted by molar-refractivity contribution is 5.95. The van der Waals surface area contributed by atoms with Crippen molar-refractivity contribution in [2.24, 2.45) is 17.3 Å². The monoisotopic (exact) mass is 320 g/mol. The lowest BCUT2D eigenvalue weighted by Gasteiger charge is -2.20. The molecule has 3 rings (SSSR count). The van der Waals surface area contributed by atoms with Gasteiger partial charge in [-0.25, -0.2) is 4.39 Å². The van der Waals surface area contributed by atoms with Crippen molar-refractivity contribution < 1.29 is 18.7 Å². The highest BCUT2D eigenvalue weighted by atomic mass is 19.1. The van der Waals surface area contributed by atoms with Crippen molar-refractivity contribution in [1.29, 1.82) is 0 Å². The van der Waals surface area contributed by atoms with Gasteiger partial charge >= 0.3 is 0 Å². The van der Waals surface area contributed by atoms with Gasteiger partial charge in [-0.05, 0) is 23.8 Å². The van der Waals surface area contributed by atoms with Crippen LogP contribution in [0.1, 0.15) is 32.8 Å². The number of carbonyl (C=O) groups is 2. The average Bonchev–Trinajstić information content (AvgIpc) is 3.27. The van der Waals surface area contributed by atoms with Crippen molar-refractivity contribution in [2.45, 2.75) is 33.7 Å². The van der Waals surface area contributed by atoms with E-state index in [1.807, 2.05) is 0 Å². The fourth-order valence-corrected chi connectivity index (χ4v) is 3.05. The first-order valence-corrected chi connectivity index (χ1v) is 7.79. The Morgan fingerprint density at radius 3 is 2.83 bits per heavy atom. The fourth-order valence-electron chi connectivity index (χ4n) is 3.05. The molecule has 1 saturated carbocycles. The Bertz CT molecular complexity index is 667. The van der Waals surface area contributed by atoms with Crippen LogP contribution in [0.4, 0.5) is 10.1 Å². The number of hydrogen-bond donors (Lipinski definition) is 2. The lowest BCUT2D eigenvalue weighted by atomic mass is 9.89. The summed E-state index contributed by atoms with van der Waals surface area (Å²) >= 11 is 0. The molecule has 0 aromatic heterocycles. The van der Waals surface area contributed by atoms with E-state index in [4.69, 9.17) is 4.74 Å². The Hall–Kier alpha value is -2.11. The van der Waals surface area contributed by atoms with E-state index in [0.717, 1.165) is 6.42 Å². The molecule has 1 aliphatic carbocycles. The summed E-state index contributed by atoms with van der Waals surface area (Å²) in [6.45, 7) is 6.35. The van der Waals surface area contributed by atoms with Gasteiger partial charge in [0.15, 0.2) is 12.4 Å². The molecule has 0 radical (unpaired) electrons. The van der Waals surface area contributed by atoms with Gasteiger partial charge in [0, 0.05) is 18.0 Å². The molecule has 0 saturated heterocycles. The van der Waals surface area contributed by atoms with Crippen LogP contribution in [0.25, 0.3) is 0 Å². The molecule has 0 bridgehead atoms. The number of hydrogen-bond acceptors (Lipinski definition) is 3. The maximum Gasteiger partial charge on any atom is 0.262 e. The van der Waals surface area contributed by atoms with Crippen molar-refractivity contribution in [1.82, 2.24) is 5.32 Å². The molecule has 23 heavy (non-hydrogen) atoms. The second kappa shape index (κ2) is 5.51. The summed E-state index contributed by atoms with van der Waals surface area (Å²) in [5.41, 5.74) is 0.489. The molecule has 6 heteroatoms. The minimum absolute atomic E-state index is 0.0127. The molecule has 5 nitrogen and oxygen atoms in total. The van der Waals surface area contributed by atoms with Crippen LogP contribution < -0.4 is 15.4 Å². The van der Waals surface area contributed by atoms with Gasteiger partial charge in [0.05, 0.1) is 0 Å². The highest BCUT2D eigenvalue weighted by Crippen LogP contribution is 2.50.